The van der Waals surface area contributed by atoms with Gasteiger partial charge in [-0.05, 0) is 23.8 Å². The molecule has 0 aliphatic rings. The molecule has 0 amide bonds. The molecule has 0 saturated carbocycles. The minimum atomic E-state index is -4.32. The summed E-state index contributed by atoms with van der Waals surface area (Å²) in [6.45, 7) is 5.24. The summed E-state index contributed by atoms with van der Waals surface area (Å²) in [5.41, 5.74) is -0.139. The standard InChI is InChI=1S/C11H9BrF3/c1-3-7(2)8-4-9(11(13,14)15)6-10(12)5-8/h3-6H,1H2,2H3. The first kappa shape index (κ1) is 12.3. The van der Waals surface area contributed by atoms with Crippen LogP contribution in [0.1, 0.15) is 18.1 Å². The normalized spacial score (nSPS) is 11.9. The van der Waals surface area contributed by atoms with Gasteiger partial charge in [0.05, 0.1) is 5.56 Å². The summed E-state index contributed by atoms with van der Waals surface area (Å²) in [7, 11) is 0. The smallest absolute Gasteiger partial charge is 0.166 e. The van der Waals surface area contributed by atoms with E-state index in [9.17, 15) is 13.2 Å². The Morgan fingerprint density at radius 3 is 2.40 bits per heavy atom. The number of alkyl halides is 3. The fourth-order valence-corrected chi connectivity index (χ4v) is 1.59. The second-order valence-electron chi connectivity index (χ2n) is 3.11. The van der Waals surface area contributed by atoms with Gasteiger partial charge in [0.1, 0.15) is 0 Å². The average molecular weight is 278 g/mol. The Kier molecular flexibility index (Phi) is 3.60. The number of benzene rings is 1. The van der Waals surface area contributed by atoms with Crippen LogP contribution in [-0.4, -0.2) is 0 Å². The molecule has 15 heavy (non-hydrogen) atoms. The van der Waals surface area contributed by atoms with E-state index in [2.05, 4.69) is 22.5 Å². The van der Waals surface area contributed by atoms with E-state index in [-0.39, 0.29) is 0 Å². The van der Waals surface area contributed by atoms with Gasteiger partial charge in [0.2, 0.25) is 0 Å². The zero-order chi connectivity index (χ0) is 11.6. The number of hydrogen-bond donors (Lipinski definition) is 0. The van der Waals surface area contributed by atoms with Crippen molar-refractivity contribution < 1.29 is 13.2 Å². The van der Waals surface area contributed by atoms with Crippen molar-refractivity contribution in [2.24, 2.45) is 0 Å². The van der Waals surface area contributed by atoms with Crippen molar-refractivity contribution in [3.63, 3.8) is 0 Å². The maximum absolute atomic E-state index is 12.5. The molecule has 0 heterocycles. The van der Waals surface area contributed by atoms with E-state index >= 15 is 0 Å². The first-order valence-corrected chi connectivity index (χ1v) is 4.98. The van der Waals surface area contributed by atoms with Crippen LogP contribution in [-0.2, 0) is 6.18 Å². The van der Waals surface area contributed by atoms with Crippen molar-refractivity contribution in [1.29, 1.82) is 0 Å². The van der Waals surface area contributed by atoms with Crippen LogP contribution >= 0.6 is 15.9 Å². The third kappa shape index (κ3) is 3.09. The predicted octanol–water partition coefficient (Wildman–Crippen LogP) is 4.60. The first-order valence-electron chi connectivity index (χ1n) is 4.18. The lowest BCUT2D eigenvalue weighted by Gasteiger charge is -2.12. The highest BCUT2D eigenvalue weighted by atomic mass is 79.9. The van der Waals surface area contributed by atoms with E-state index in [0.29, 0.717) is 16.0 Å². The average Bonchev–Trinajstić information content (AvgIpc) is 2.14. The highest BCUT2D eigenvalue weighted by Gasteiger charge is 2.31. The Balaban J connectivity index is 3.22. The molecule has 0 N–H and O–H groups in total. The van der Waals surface area contributed by atoms with Crippen LogP contribution in [0.4, 0.5) is 13.2 Å². The Hall–Kier alpha value is -0.770. The van der Waals surface area contributed by atoms with Crippen molar-refractivity contribution in [3.05, 3.63) is 52.4 Å². The van der Waals surface area contributed by atoms with Gasteiger partial charge in [-0.15, -0.1) is 6.58 Å². The van der Waals surface area contributed by atoms with E-state index in [4.69, 9.17) is 0 Å². The summed E-state index contributed by atoms with van der Waals surface area (Å²) in [4.78, 5) is 0. The molecule has 81 valence electrons. The van der Waals surface area contributed by atoms with E-state index < -0.39 is 11.7 Å². The molecule has 0 fully saturated rings. The van der Waals surface area contributed by atoms with Crippen molar-refractivity contribution in [3.8, 4) is 0 Å². The van der Waals surface area contributed by atoms with Crippen LogP contribution in [0.5, 0.6) is 0 Å². The third-order valence-corrected chi connectivity index (χ3v) is 2.44. The second-order valence-corrected chi connectivity index (χ2v) is 4.03. The Labute approximate surface area is 94.9 Å². The highest BCUT2D eigenvalue weighted by Crippen LogP contribution is 2.33. The van der Waals surface area contributed by atoms with Crippen molar-refractivity contribution in [2.45, 2.75) is 13.1 Å². The molecule has 0 aromatic heterocycles. The molecule has 0 atom stereocenters. The molecular formula is C11H9BrF3. The molecule has 0 spiro atoms. The molecule has 0 unspecified atom stereocenters. The Morgan fingerprint density at radius 2 is 1.93 bits per heavy atom. The van der Waals surface area contributed by atoms with Crippen LogP contribution in [0.2, 0.25) is 0 Å². The summed E-state index contributed by atoms with van der Waals surface area (Å²) >= 11 is 3.06. The molecule has 0 saturated heterocycles. The van der Waals surface area contributed by atoms with Crippen LogP contribution in [0, 0.1) is 5.92 Å². The van der Waals surface area contributed by atoms with Gasteiger partial charge in [-0.25, -0.2) is 0 Å². The van der Waals surface area contributed by atoms with Gasteiger partial charge in [-0.1, -0.05) is 28.9 Å². The molecule has 4 heteroatoms. The summed E-state index contributed by atoms with van der Waals surface area (Å²) in [6, 6.07) is 3.80. The van der Waals surface area contributed by atoms with Gasteiger partial charge in [-0.2, -0.15) is 13.2 Å². The van der Waals surface area contributed by atoms with Gasteiger partial charge in [0.25, 0.3) is 0 Å². The Bertz CT molecular complexity index is 369. The van der Waals surface area contributed by atoms with Gasteiger partial charge >= 0.3 is 6.18 Å². The molecule has 0 nitrogen and oxygen atoms in total. The van der Waals surface area contributed by atoms with E-state index in [0.717, 1.165) is 12.1 Å². The molecular weight excluding hydrogens is 269 g/mol. The van der Waals surface area contributed by atoms with E-state index in [1.807, 2.05) is 0 Å². The molecule has 1 aromatic carbocycles. The molecule has 0 aliphatic heterocycles. The maximum atomic E-state index is 12.5. The first-order chi connectivity index (χ1) is 6.84. The van der Waals surface area contributed by atoms with Gasteiger partial charge in [0.15, 0.2) is 0 Å². The second kappa shape index (κ2) is 4.39. The van der Waals surface area contributed by atoms with Crippen molar-refractivity contribution >= 4 is 15.9 Å². The van der Waals surface area contributed by atoms with Gasteiger partial charge in [-0.3, -0.25) is 0 Å². The van der Waals surface area contributed by atoms with E-state index in [1.54, 1.807) is 13.0 Å². The lowest BCUT2D eigenvalue weighted by Crippen LogP contribution is -2.06. The lowest BCUT2D eigenvalue weighted by atomic mass is 9.99. The number of allylic oxidation sites excluding steroid dienone is 1. The van der Waals surface area contributed by atoms with Crippen LogP contribution in [0.15, 0.2) is 35.3 Å². The molecule has 1 aromatic rings. The quantitative estimate of drug-likeness (QED) is 0.741. The van der Waals surface area contributed by atoms with Crippen LogP contribution in [0.25, 0.3) is 0 Å². The summed E-state index contributed by atoms with van der Waals surface area (Å²) in [6.07, 6.45) is -2.79. The van der Waals surface area contributed by atoms with Crippen LogP contribution < -0.4 is 0 Å². The summed E-state index contributed by atoms with van der Waals surface area (Å²) in [5.74, 6) is 0.710. The molecule has 1 radical (unpaired) electrons. The minimum absolute atomic E-state index is 0.411. The molecule has 0 aliphatic carbocycles. The zero-order valence-corrected chi connectivity index (χ0v) is 9.61. The van der Waals surface area contributed by atoms with E-state index in [1.165, 1.54) is 6.08 Å². The summed E-state index contributed by atoms with van der Waals surface area (Å²) < 4.78 is 37.8. The monoisotopic (exact) mass is 277 g/mol. The fraction of sp³-hybridized carbons (Fsp3) is 0.182. The fourth-order valence-electron chi connectivity index (χ4n) is 1.10. The third-order valence-electron chi connectivity index (χ3n) is 1.99. The summed E-state index contributed by atoms with van der Waals surface area (Å²) in [5, 5.41) is 0. The Morgan fingerprint density at radius 1 is 1.33 bits per heavy atom. The minimum Gasteiger partial charge on any atom is -0.166 e. The largest absolute Gasteiger partial charge is 0.416 e. The van der Waals surface area contributed by atoms with Crippen molar-refractivity contribution in [2.75, 3.05) is 0 Å². The van der Waals surface area contributed by atoms with Crippen LogP contribution in [0.3, 0.4) is 0 Å². The highest BCUT2D eigenvalue weighted by molar-refractivity contribution is 9.10. The lowest BCUT2D eigenvalue weighted by molar-refractivity contribution is -0.137. The number of rotatable bonds is 2. The predicted molar refractivity (Wildman–Crippen MR) is 57.4 cm³/mol. The molecule has 0 bridgehead atoms. The topological polar surface area (TPSA) is 0 Å². The molecule has 1 rings (SSSR count). The SMILES string of the molecule is C=C[C](C)c1cc(Br)cc(C(F)(F)F)c1. The van der Waals surface area contributed by atoms with Crippen molar-refractivity contribution in [1.82, 2.24) is 0 Å². The van der Waals surface area contributed by atoms with Gasteiger partial charge < -0.3 is 0 Å². The number of halogens is 4. The number of hydrogen-bond acceptors (Lipinski definition) is 0. The maximum Gasteiger partial charge on any atom is 0.416 e. The zero-order valence-electron chi connectivity index (χ0n) is 8.03. The van der Waals surface area contributed by atoms with Gasteiger partial charge in [0, 0.05) is 10.4 Å².